The van der Waals surface area contributed by atoms with Gasteiger partial charge < -0.3 is 5.32 Å². The molecule has 0 aliphatic heterocycles. The molecule has 0 aromatic heterocycles. The van der Waals surface area contributed by atoms with E-state index in [1.54, 1.807) is 12.1 Å². The Morgan fingerprint density at radius 3 is 2.44 bits per heavy atom. The van der Waals surface area contributed by atoms with Crippen molar-refractivity contribution in [2.75, 3.05) is 6.54 Å². The highest BCUT2D eigenvalue weighted by atomic mass is 19.1. The van der Waals surface area contributed by atoms with E-state index in [4.69, 9.17) is 0 Å². The molecular formula is C16H26FN. The topological polar surface area (TPSA) is 12.0 Å². The molecule has 0 amide bonds. The Bertz CT molecular complexity index is 338. The van der Waals surface area contributed by atoms with Gasteiger partial charge in [0.2, 0.25) is 0 Å². The van der Waals surface area contributed by atoms with Crippen LogP contribution in [0.5, 0.6) is 0 Å². The summed E-state index contributed by atoms with van der Waals surface area (Å²) in [5.74, 6) is 0.431. The first-order valence-electron chi connectivity index (χ1n) is 7.22. The van der Waals surface area contributed by atoms with Crippen molar-refractivity contribution in [3.8, 4) is 0 Å². The van der Waals surface area contributed by atoms with Crippen LogP contribution in [0.4, 0.5) is 4.39 Å². The van der Waals surface area contributed by atoms with E-state index in [1.807, 2.05) is 12.1 Å². The molecule has 0 spiro atoms. The van der Waals surface area contributed by atoms with Gasteiger partial charge in [-0.15, -0.1) is 0 Å². The first-order chi connectivity index (χ1) is 8.74. The molecule has 0 saturated carbocycles. The Balaban J connectivity index is 2.89. The van der Waals surface area contributed by atoms with Crippen molar-refractivity contribution in [2.24, 2.45) is 5.92 Å². The Labute approximate surface area is 111 Å². The minimum atomic E-state index is -0.0848. The fraction of sp³-hybridized carbons (Fsp3) is 0.625. The van der Waals surface area contributed by atoms with Crippen LogP contribution in [-0.4, -0.2) is 6.54 Å². The summed E-state index contributed by atoms with van der Waals surface area (Å²) in [6.45, 7) is 7.37. The molecule has 18 heavy (non-hydrogen) atoms. The summed E-state index contributed by atoms with van der Waals surface area (Å²) >= 11 is 0. The number of hydrogen-bond donors (Lipinski definition) is 1. The summed E-state index contributed by atoms with van der Waals surface area (Å²) in [5, 5.41) is 3.46. The number of hydrogen-bond acceptors (Lipinski definition) is 1. The lowest BCUT2D eigenvalue weighted by Gasteiger charge is -2.28. The van der Waals surface area contributed by atoms with Gasteiger partial charge in [0, 0.05) is 11.6 Å². The van der Waals surface area contributed by atoms with Crippen LogP contribution in [0.3, 0.4) is 0 Å². The van der Waals surface area contributed by atoms with E-state index in [0.717, 1.165) is 18.5 Å². The largest absolute Gasteiger partial charge is 0.310 e. The Morgan fingerprint density at radius 2 is 1.89 bits per heavy atom. The average Bonchev–Trinajstić information content (AvgIpc) is 2.39. The van der Waals surface area contributed by atoms with Gasteiger partial charge in [0.15, 0.2) is 0 Å². The highest BCUT2D eigenvalue weighted by molar-refractivity contribution is 5.22. The van der Waals surface area contributed by atoms with Gasteiger partial charge in [-0.2, -0.15) is 0 Å². The zero-order chi connectivity index (χ0) is 13.4. The summed E-state index contributed by atoms with van der Waals surface area (Å²) in [5.41, 5.74) is 0.822. The molecule has 0 heterocycles. The van der Waals surface area contributed by atoms with Crippen LogP contribution in [0.25, 0.3) is 0 Å². The third-order valence-corrected chi connectivity index (χ3v) is 3.59. The molecule has 1 aromatic rings. The predicted octanol–water partition coefficient (Wildman–Crippen LogP) is 4.69. The standard InChI is InChI=1S/C16H26FN/c1-4-7-10-13(5-2)16(18-6-3)14-11-8-9-12-15(14)17/h8-9,11-13,16,18H,4-7,10H2,1-3H3. The van der Waals surface area contributed by atoms with Crippen LogP contribution < -0.4 is 5.32 Å². The molecule has 2 atom stereocenters. The molecule has 2 heteroatoms. The summed E-state index contributed by atoms with van der Waals surface area (Å²) < 4.78 is 13.9. The van der Waals surface area contributed by atoms with Gasteiger partial charge in [-0.3, -0.25) is 0 Å². The third kappa shape index (κ3) is 4.09. The van der Waals surface area contributed by atoms with Crippen LogP contribution in [0, 0.1) is 11.7 Å². The molecule has 0 bridgehead atoms. The molecule has 0 fully saturated rings. The summed E-state index contributed by atoms with van der Waals surface area (Å²) in [4.78, 5) is 0. The fourth-order valence-electron chi connectivity index (χ4n) is 2.55. The molecule has 1 nitrogen and oxygen atoms in total. The third-order valence-electron chi connectivity index (χ3n) is 3.59. The normalized spacial score (nSPS) is 14.4. The zero-order valence-electron chi connectivity index (χ0n) is 11.9. The molecule has 2 unspecified atom stereocenters. The lowest BCUT2D eigenvalue weighted by atomic mass is 9.86. The maximum Gasteiger partial charge on any atom is 0.127 e. The number of nitrogens with one attached hydrogen (secondary N) is 1. The number of benzene rings is 1. The first kappa shape index (κ1) is 15.2. The van der Waals surface area contributed by atoms with E-state index in [9.17, 15) is 4.39 Å². The summed E-state index contributed by atoms with van der Waals surface area (Å²) in [6.07, 6.45) is 4.67. The van der Waals surface area contributed by atoms with E-state index < -0.39 is 0 Å². The minimum absolute atomic E-state index is 0.0848. The van der Waals surface area contributed by atoms with Gasteiger partial charge in [-0.25, -0.2) is 4.39 Å². The SMILES string of the molecule is CCCCC(CC)C(NCC)c1ccccc1F. The molecule has 0 aliphatic carbocycles. The van der Waals surface area contributed by atoms with Crippen LogP contribution in [-0.2, 0) is 0 Å². The second kappa shape index (κ2) is 8.25. The average molecular weight is 251 g/mol. The van der Waals surface area contributed by atoms with Crippen LogP contribution >= 0.6 is 0 Å². The van der Waals surface area contributed by atoms with Crippen molar-refractivity contribution in [1.82, 2.24) is 5.32 Å². The monoisotopic (exact) mass is 251 g/mol. The molecule has 1 N–H and O–H groups in total. The Morgan fingerprint density at radius 1 is 1.17 bits per heavy atom. The number of unbranched alkanes of at least 4 members (excludes halogenated alkanes) is 1. The van der Waals surface area contributed by atoms with Crippen molar-refractivity contribution in [3.63, 3.8) is 0 Å². The predicted molar refractivity (Wildman–Crippen MR) is 76.1 cm³/mol. The molecule has 0 radical (unpaired) electrons. The number of halogens is 1. The van der Waals surface area contributed by atoms with Crippen molar-refractivity contribution in [3.05, 3.63) is 35.6 Å². The summed E-state index contributed by atoms with van der Waals surface area (Å²) in [7, 11) is 0. The van der Waals surface area contributed by atoms with Crippen LogP contribution in [0.1, 0.15) is 58.1 Å². The van der Waals surface area contributed by atoms with E-state index in [-0.39, 0.29) is 11.9 Å². The fourth-order valence-corrected chi connectivity index (χ4v) is 2.55. The van der Waals surface area contributed by atoms with Crippen molar-refractivity contribution in [2.45, 2.75) is 52.5 Å². The minimum Gasteiger partial charge on any atom is -0.310 e. The molecule has 0 saturated heterocycles. The van der Waals surface area contributed by atoms with E-state index in [1.165, 1.54) is 19.3 Å². The van der Waals surface area contributed by atoms with E-state index >= 15 is 0 Å². The second-order valence-corrected chi connectivity index (χ2v) is 4.87. The van der Waals surface area contributed by atoms with Crippen LogP contribution in [0.2, 0.25) is 0 Å². The first-order valence-corrected chi connectivity index (χ1v) is 7.22. The van der Waals surface area contributed by atoms with Gasteiger partial charge >= 0.3 is 0 Å². The molecular weight excluding hydrogens is 225 g/mol. The van der Waals surface area contributed by atoms with Crippen molar-refractivity contribution >= 4 is 0 Å². The lowest BCUT2D eigenvalue weighted by molar-refractivity contribution is 0.320. The van der Waals surface area contributed by atoms with Gasteiger partial charge in [-0.1, -0.05) is 58.2 Å². The molecule has 1 aromatic carbocycles. The highest BCUT2D eigenvalue weighted by Gasteiger charge is 2.22. The molecule has 102 valence electrons. The molecule has 1 rings (SSSR count). The van der Waals surface area contributed by atoms with Gasteiger partial charge in [-0.05, 0) is 24.9 Å². The maximum absolute atomic E-state index is 13.9. The summed E-state index contributed by atoms with van der Waals surface area (Å²) in [6, 6.07) is 7.31. The Kier molecular flexibility index (Phi) is 6.96. The smallest absolute Gasteiger partial charge is 0.127 e. The van der Waals surface area contributed by atoms with Crippen molar-refractivity contribution in [1.29, 1.82) is 0 Å². The second-order valence-electron chi connectivity index (χ2n) is 4.87. The van der Waals surface area contributed by atoms with E-state index in [2.05, 4.69) is 26.1 Å². The maximum atomic E-state index is 13.9. The van der Waals surface area contributed by atoms with Crippen LogP contribution in [0.15, 0.2) is 24.3 Å². The van der Waals surface area contributed by atoms with Gasteiger partial charge in [0.05, 0.1) is 0 Å². The van der Waals surface area contributed by atoms with Gasteiger partial charge in [0.25, 0.3) is 0 Å². The zero-order valence-corrected chi connectivity index (χ0v) is 11.9. The Hall–Kier alpha value is -0.890. The van der Waals surface area contributed by atoms with Crippen molar-refractivity contribution < 1.29 is 4.39 Å². The lowest BCUT2D eigenvalue weighted by Crippen LogP contribution is -2.29. The highest BCUT2D eigenvalue weighted by Crippen LogP contribution is 2.30. The number of rotatable bonds is 8. The molecule has 0 aliphatic rings. The van der Waals surface area contributed by atoms with Gasteiger partial charge in [0.1, 0.15) is 5.82 Å². The van der Waals surface area contributed by atoms with E-state index in [0.29, 0.717) is 5.92 Å². The quantitative estimate of drug-likeness (QED) is 0.706.